The molecule has 0 aliphatic carbocycles. The zero-order valence-electron chi connectivity index (χ0n) is 11.5. The summed E-state index contributed by atoms with van der Waals surface area (Å²) in [6.07, 6.45) is 0.844. The van der Waals surface area contributed by atoms with Crippen LogP contribution in [0, 0.1) is 0 Å². The highest BCUT2D eigenvalue weighted by Crippen LogP contribution is 2.15. The van der Waals surface area contributed by atoms with Gasteiger partial charge in [-0.25, -0.2) is 0 Å². The van der Waals surface area contributed by atoms with Gasteiger partial charge >= 0.3 is 0 Å². The molecule has 1 aromatic heterocycles. The molecule has 1 amide bonds. The fourth-order valence-electron chi connectivity index (χ4n) is 2.02. The predicted molar refractivity (Wildman–Crippen MR) is 81.1 cm³/mol. The van der Waals surface area contributed by atoms with Crippen LogP contribution in [0.15, 0.2) is 35.1 Å². The number of rotatable bonds is 4. The Bertz CT molecular complexity index is 694. The van der Waals surface area contributed by atoms with Crippen LogP contribution in [-0.4, -0.2) is 16.5 Å². The second-order valence-electron chi connectivity index (χ2n) is 4.82. The SMILES string of the molecule is CCC(C)NC(=O)Cn1c(=O)c(Cl)cc2ccccc21. The van der Waals surface area contributed by atoms with Gasteiger partial charge in [-0.3, -0.25) is 14.2 Å². The highest BCUT2D eigenvalue weighted by molar-refractivity contribution is 6.31. The zero-order chi connectivity index (χ0) is 14.7. The minimum Gasteiger partial charge on any atom is -0.352 e. The van der Waals surface area contributed by atoms with Crippen LogP contribution in [0.3, 0.4) is 0 Å². The molecule has 2 aromatic rings. The van der Waals surface area contributed by atoms with E-state index >= 15 is 0 Å². The van der Waals surface area contributed by atoms with E-state index in [2.05, 4.69) is 5.32 Å². The van der Waals surface area contributed by atoms with Crippen LogP contribution in [0.4, 0.5) is 0 Å². The van der Waals surface area contributed by atoms with E-state index in [1.54, 1.807) is 6.07 Å². The summed E-state index contributed by atoms with van der Waals surface area (Å²) in [5.74, 6) is -0.186. The largest absolute Gasteiger partial charge is 0.352 e. The van der Waals surface area contributed by atoms with Crippen LogP contribution in [0.5, 0.6) is 0 Å². The summed E-state index contributed by atoms with van der Waals surface area (Å²) in [7, 11) is 0. The summed E-state index contributed by atoms with van der Waals surface area (Å²) in [6, 6.07) is 9.09. The number of benzene rings is 1. The van der Waals surface area contributed by atoms with E-state index in [-0.39, 0.29) is 29.1 Å². The lowest BCUT2D eigenvalue weighted by molar-refractivity contribution is -0.122. The number of carbonyl (C=O) groups excluding carboxylic acids is 1. The maximum Gasteiger partial charge on any atom is 0.270 e. The van der Waals surface area contributed by atoms with Crippen LogP contribution in [-0.2, 0) is 11.3 Å². The molecular weight excluding hydrogens is 276 g/mol. The molecule has 1 N–H and O–H groups in total. The molecule has 106 valence electrons. The number of nitrogens with zero attached hydrogens (tertiary/aromatic N) is 1. The maximum atomic E-state index is 12.1. The lowest BCUT2D eigenvalue weighted by Gasteiger charge is -2.14. The van der Waals surface area contributed by atoms with E-state index in [1.807, 2.05) is 38.1 Å². The van der Waals surface area contributed by atoms with Crippen LogP contribution in [0.2, 0.25) is 5.02 Å². The molecule has 0 bridgehead atoms. The monoisotopic (exact) mass is 292 g/mol. The molecule has 0 saturated heterocycles. The van der Waals surface area contributed by atoms with Gasteiger partial charge in [0.2, 0.25) is 5.91 Å². The Hall–Kier alpha value is -1.81. The van der Waals surface area contributed by atoms with Gasteiger partial charge in [0, 0.05) is 6.04 Å². The highest BCUT2D eigenvalue weighted by atomic mass is 35.5. The van der Waals surface area contributed by atoms with Crippen molar-refractivity contribution in [2.75, 3.05) is 0 Å². The van der Waals surface area contributed by atoms with Crippen molar-refractivity contribution in [1.82, 2.24) is 9.88 Å². The normalized spacial score (nSPS) is 12.3. The van der Waals surface area contributed by atoms with E-state index in [0.717, 1.165) is 11.8 Å². The van der Waals surface area contributed by atoms with Crippen LogP contribution < -0.4 is 10.9 Å². The van der Waals surface area contributed by atoms with E-state index in [0.29, 0.717) is 5.52 Å². The molecule has 0 fully saturated rings. The molecule has 0 saturated carbocycles. The standard InChI is InChI=1S/C15H17ClN2O2/c1-3-10(2)17-14(19)9-18-13-7-5-4-6-11(13)8-12(16)15(18)20/h4-8,10H,3,9H2,1-2H3,(H,17,19). The maximum absolute atomic E-state index is 12.1. The molecule has 0 aliphatic rings. The Balaban J connectivity index is 2.40. The first-order valence-corrected chi connectivity index (χ1v) is 6.98. The number of halogens is 1. The summed E-state index contributed by atoms with van der Waals surface area (Å²) in [4.78, 5) is 24.1. The second kappa shape index (κ2) is 6.09. The van der Waals surface area contributed by atoms with Gasteiger partial charge in [0.25, 0.3) is 5.56 Å². The molecular formula is C15H17ClN2O2. The number of hydrogen-bond donors (Lipinski definition) is 1. The Kier molecular flexibility index (Phi) is 4.45. The molecule has 20 heavy (non-hydrogen) atoms. The number of amides is 1. The van der Waals surface area contributed by atoms with Gasteiger partial charge in [0.05, 0.1) is 5.52 Å². The Morgan fingerprint density at radius 1 is 1.40 bits per heavy atom. The second-order valence-corrected chi connectivity index (χ2v) is 5.23. The smallest absolute Gasteiger partial charge is 0.270 e. The number of carbonyl (C=O) groups is 1. The number of pyridine rings is 1. The van der Waals surface area contributed by atoms with Gasteiger partial charge in [0.1, 0.15) is 11.6 Å². The van der Waals surface area contributed by atoms with E-state index in [1.165, 1.54) is 4.57 Å². The summed E-state index contributed by atoms with van der Waals surface area (Å²) < 4.78 is 1.41. The molecule has 1 unspecified atom stereocenters. The summed E-state index contributed by atoms with van der Waals surface area (Å²) in [6.45, 7) is 3.90. The van der Waals surface area contributed by atoms with E-state index in [4.69, 9.17) is 11.6 Å². The van der Waals surface area contributed by atoms with Gasteiger partial charge in [-0.1, -0.05) is 36.7 Å². The lowest BCUT2D eigenvalue weighted by atomic mass is 10.2. The minimum atomic E-state index is -0.343. The van der Waals surface area contributed by atoms with Crippen molar-refractivity contribution < 1.29 is 4.79 Å². The third kappa shape index (κ3) is 3.02. The molecule has 2 rings (SSSR count). The number of nitrogens with one attached hydrogen (secondary N) is 1. The zero-order valence-corrected chi connectivity index (χ0v) is 12.3. The molecule has 5 heteroatoms. The fourth-order valence-corrected chi connectivity index (χ4v) is 2.23. The van der Waals surface area contributed by atoms with Gasteiger partial charge in [-0.2, -0.15) is 0 Å². The molecule has 0 radical (unpaired) electrons. The van der Waals surface area contributed by atoms with Crippen molar-refractivity contribution >= 4 is 28.4 Å². The van der Waals surface area contributed by atoms with Crippen molar-refractivity contribution in [1.29, 1.82) is 0 Å². The van der Waals surface area contributed by atoms with Crippen LogP contribution in [0.1, 0.15) is 20.3 Å². The summed E-state index contributed by atoms with van der Waals surface area (Å²) in [5, 5.41) is 3.81. The van der Waals surface area contributed by atoms with Gasteiger partial charge < -0.3 is 5.32 Å². The van der Waals surface area contributed by atoms with Crippen molar-refractivity contribution in [3.05, 3.63) is 45.7 Å². The Morgan fingerprint density at radius 3 is 2.80 bits per heavy atom. The van der Waals surface area contributed by atoms with Crippen molar-refractivity contribution in [3.63, 3.8) is 0 Å². The Labute approximate surface area is 122 Å². The fraction of sp³-hybridized carbons (Fsp3) is 0.333. The van der Waals surface area contributed by atoms with E-state index < -0.39 is 0 Å². The number of aromatic nitrogens is 1. The number of fused-ring (bicyclic) bond motifs is 1. The summed E-state index contributed by atoms with van der Waals surface area (Å²) >= 11 is 5.94. The minimum absolute atomic E-state index is 0.0236. The third-order valence-corrected chi connectivity index (χ3v) is 3.55. The molecule has 0 aliphatic heterocycles. The highest BCUT2D eigenvalue weighted by Gasteiger charge is 2.12. The first-order chi connectivity index (χ1) is 9.52. The third-order valence-electron chi connectivity index (χ3n) is 3.28. The number of para-hydroxylation sites is 1. The molecule has 0 spiro atoms. The average Bonchev–Trinajstić information content (AvgIpc) is 2.43. The predicted octanol–water partition coefficient (Wildman–Crippen LogP) is 2.57. The molecule has 4 nitrogen and oxygen atoms in total. The first-order valence-electron chi connectivity index (χ1n) is 6.60. The molecule has 1 heterocycles. The Morgan fingerprint density at radius 2 is 2.10 bits per heavy atom. The van der Waals surface area contributed by atoms with Gasteiger partial charge in [0.15, 0.2) is 0 Å². The van der Waals surface area contributed by atoms with Crippen molar-refractivity contribution in [2.45, 2.75) is 32.9 Å². The first kappa shape index (κ1) is 14.6. The van der Waals surface area contributed by atoms with Crippen LogP contribution in [0.25, 0.3) is 10.9 Å². The topological polar surface area (TPSA) is 51.1 Å². The van der Waals surface area contributed by atoms with E-state index in [9.17, 15) is 9.59 Å². The average molecular weight is 293 g/mol. The number of hydrogen-bond acceptors (Lipinski definition) is 2. The summed E-state index contributed by atoms with van der Waals surface area (Å²) in [5.41, 5.74) is 0.367. The van der Waals surface area contributed by atoms with Crippen molar-refractivity contribution in [3.8, 4) is 0 Å². The van der Waals surface area contributed by atoms with Crippen LogP contribution >= 0.6 is 11.6 Å². The van der Waals surface area contributed by atoms with Crippen molar-refractivity contribution in [2.24, 2.45) is 0 Å². The molecule has 1 atom stereocenters. The van der Waals surface area contributed by atoms with Gasteiger partial charge in [-0.05, 0) is 30.9 Å². The van der Waals surface area contributed by atoms with Gasteiger partial charge in [-0.15, -0.1) is 0 Å². The molecule has 1 aromatic carbocycles. The lowest BCUT2D eigenvalue weighted by Crippen LogP contribution is -2.37. The quantitative estimate of drug-likeness (QED) is 0.941.